The van der Waals surface area contributed by atoms with Gasteiger partial charge >= 0.3 is 5.97 Å². The predicted molar refractivity (Wildman–Crippen MR) is 57.3 cm³/mol. The third-order valence-electron chi connectivity index (χ3n) is 1.78. The second-order valence-electron chi connectivity index (χ2n) is 2.79. The minimum atomic E-state index is -0.726. The summed E-state index contributed by atoms with van der Waals surface area (Å²) in [4.78, 5) is 10.5. The zero-order valence-corrected chi connectivity index (χ0v) is 8.86. The van der Waals surface area contributed by atoms with Crippen molar-refractivity contribution in [3.8, 4) is 0 Å². The van der Waals surface area contributed by atoms with Crippen molar-refractivity contribution in [1.82, 2.24) is 0 Å². The molecule has 0 rings (SSSR count). The fourth-order valence-corrected chi connectivity index (χ4v) is 1.53. The molecule has 0 aromatic rings. The van der Waals surface area contributed by atoms with E-state index in [1.54, 1.807) is 0 Å². The zero-order valence-electron chi connectivity index (χ0n) is 7.07. The van der Waals surface area contributed by atoms with Crippen molar-refractivity contribution in [2.45, 2.75) is 25.7 Å². The van der Waals surface area contributed by atoms with Crippen LogP contribution in [0.1, 0.15) is 25.7 Å². The summed E-state index contributed by atoms with van der Waals surface area (Å²) in [5.74, 6) is 0.332. The molecule has 0 aromatic heterocycles. The van der Waals surface area contributed by atoms with E-state index in [0.717, 1.165) is 31.4 Å². The van der Waals surface area contributed by atoms with Crippen molar-refractivity contribution in [1.29, 1.82) is 0 Å². The summed E-state index contributed by atoms with van der Waals surface area (Å²) < 4.78 is 0. The lowest BCUT2D eigenvalue weighted by molar-refractivity contribution is -0.141. The first-order valence-corrected chi connectivity index (χ1v) is 5.43. The molecule has 0 saturated heterocycles. The number of carboxylic acid groups (broad SMARTS) is 1. The molecule has 0 fully saturated rings. The summed E-state index contributed by atoms with van der Waals surface area (Å²) in [6, 6.07) is 0. The van der Waals surface area contributed by atoms with Gasteiger partial charge in [-0.3, -0.25) is 4.79 Å². The third-order valence-corrected chi connectivity index (χ3v) is 2.54. The van der Waals surface area contributed by atoms with Gasteiger partial charge in [0.2, 0.25) is 0 Å². The number of carboxylic acids is 1. The summed E-state index contributed by atoms with van der Waals surface area (Å²) in [7, 11) is 0. The highest BCUT2D eigenvalue weighted by atomic mass is 32.1. The van der Waals surface area contributed by atoms with Crippen LogP contribution < -0.4 is 0 Å². The van der Waals surface area contributed by atoms with Gasteiger partial charge in [0, 0.05) is 5.75 Å². The molecular weight excluding hydrogens is 192 g/mol. The summed E-state index contributed by atoms with van der Waals surface area (Å²) in [5.41, 5.74) is 0. The van der Waals surface area contributed by atoms with Crippen LogP contribution in [0, 0.1) is 5.92 Å². The zero-order chi connectivity index (χ0) is 9.40. The molecule has 0 saturated carbocycles. The van der Waals surface area contributed by atoms with Gasteiger partial charge < -0.3 is 5.11 Å². The Hall–Kier alpha value is 0.170. The van der Waals surface area contributed by atoms with Crippen LogP contribution in [0.15, 0.2) is 0 Å². The minimum Gasteiger partial charge on any atom is -0.481 e. The Bertz CT molecular complexity index is 128. The van der Waals surface area contributed by atoms with Gasteiger partial charge in [0.25, 0.3) is 0 Å². The van der Waals surface area contributed by atoms with E-state index in [9.17, 15) is 4.79 Å². The van der Waals surface area contributed by atoms with Crippen molar-refractivity contribution in [3.63, 3.8) is 0 Å². The van der Waals surface area contributed by atoms with E-state index in [1.165, 1.54) is 0 Å². The molecule has 2 nitrogen and oxygen atoms in total. The monoisotopic (exact) mass is 208 g/mol. The molecule has 12 heavy (non-hydrogen) atoms. The number of thiol groups is 2. The first-order valence-electron chi connectivity index (χ1n) is 4.17. The van der Waals surface area contributed by atoms with Gasteiger partial charge in [0.05, 0.1) is 5.92 Å². The number of hydrogen-bond donors (Lipinski definition) is 3. The Kier molecular flexibility index (Phi) is 7.91. The van der Waals surface area contributed by atoms with Crippen molar-refractivity contribution >= 4 is 31.2 Å². The topological polar surface area (TPSA) is 37.3 Å². The first kappa shape index (κ1) is 12.2. The molecule has 0 aromatic carbocycles. The highest BCUT2D eigenvalue weighted by Crippen LogP contribution is 2.11. The van der Waals surface area contributed by atoms with E-state index in [2.05, 4.69) is 25.3 Å². The lowest BCUT2D eigenvalue weighted by Gasteiger charge is -2.07. The van der Waals surface area contributed by atoms with E-state index >= 15 is 0 Å². The quantitative estimate of drug-likeness (QED) is 0.443. The minimum absolute atomic E-state index is 0.270. The lowest BCUT2D eigenvalue weighted by Crippen LogP contribution is -2.15. The van der Waals surface area contributed by atoms with Crippen LogP contribution in [0.5, 0.6) is 0 Å². The smallest absolute Gasteiger partial charge is 0.307 e. The Balaban J connectivity index is 3.38. The number of carbonyl (C=O) groups is 1. The van der Waals surface area contributed by atoms with Crippen LogP contribution in [0.2, 0.25) is 0 Å². The van der Waals surface area contributed by atoms with Crippen molar-refractivity contribution in [3.05, 3.63) is 0 Å². The normalized spacial score (nSPS) is 12.8. The fourth-order valence-electron chi connectivity index (χ4n) is 0.972. The van der Waals surface area contributed by atoms with Crippen LogP contribution in [-0.4, -0.2) is 22.6 Å². The van der Waals surface area contributed by atoms with Crippen LogP contribution >= 0.6 is 25.3 Å². The van der Waals surface area contributed by atoms with Gasteiger partial charge in [0.15, 0.2) is 0 Å². The van der Waals surface area contributed by atoms with Crippen molar-refractivity contribution < 1.29 is 9.90 Å². The van der Waals surface area contributed by atoms with Gasteiger partial charge in [-0.05, 0) is 18.6 Å². The number of aliphatic carboxylic acids is 1. The number of unbranched alkanes of at least 4 members (excludes halogenated alkanes) is 2. The molecule has 72 valence electrons. The van der Waals surface area contributed by atoms with Gasteiger partial charge in [-0.1, -0.05) is 12.8 Å². The van der Waals surface area contributed by atoms with Crippen LogP contribution in [-0.2, 0) is 4.79 Å². The van der Waals surface area contributed by atoms with Gasteiger partial charge in [-0.2, -0.15) is 25.3 Å². The first-order chi connectivity index (χ1) is 5.72. The average molecular weight is 208 g/mol. The van der Waals surface area contributed by atoms with Crippen molar-refractivity contribution in [2.24, 2.45) is 5.92 Å². The average Bonchev–Trinajstić information content (AvgIpc) is 2.04. The summed E-state index contributed by atoms with van der Waals surface area (Å²) in [6.07, 6.45) is 3.85. The molecule has 1 N–H and O–H groups in total. The van der Waals surface area contributed by atoms with E-state index in [-0.39, 0.29) is 5.92 Å². The molecule has 0 heterocycles. The molecule has 1 unspecified atom stereocenters. The third kappa shape index (κ3) is 5.77. The van der Waals surface area contributed by atoms with Gasteiger partial charge in [0.1, 0.15) is 0 Å². The number of rotatable bonds is 7. The molecule has 0 aliphatic carbocycles. The SMILES string of the molecule is O=C(O)C(CS)CCCCCS. The van der Waals surface area contributed by atoms with Crippen LogP contribution in [0.3, 0.4) is 0 Å². The maximum atomic E-state index is 10.5. The van der Waals surface area contributed by atoms with Gasteiger partial charge in [-0.15, -0.1) is 0 Å². The second-order valence-corrected chi connectivity index (χ2v) is 3.60. The summed E-state index contributed by atoms with van der Waals surface area (Å²) in [5, 5.41) is 8.67. The molecule has 1 atom stereocenters. The molecule has 0 radical (unpaired) electrons. The molecule has 0 spiro atoms. The predicted octanol–water partition coefficient (Wildman–Crippen LogP) is 2.11. The maximum Gasteiger partial charge on any atom is 0.307 e. The van der Waals surface area contributed by atoms with Gasteiger partial charge in [-0.25, -0.2) is 0 Å². The van der Waals surface area contributed by atoms with Crippen LogP contribution in [0.25, 0.3) is 0 Å². The number of hydrogen-bond acceptors (Lipinski definition) is 3. The molecular formula is C8H16O2S2. The second kappa shape index (κ2) is 7.80. The summed E-state index contributed by atoms with van der Waals surface area (Å²) in [6.45, 7) is 0. The standard InChI is InChI=1S/C8H16O2S2/c9-8(10)7(6-12)4-2-1-3-5-11/h7,11-12H,1-6H2,(H,9,10). The Morgan fingerprint density at radius 2 is 1.92 bits per heavy atom. The molecule has 0 amide bonds. The highest BCUT2D eigenvalue weighted by molar-refractivity contribution is 7.80. The Labute approximate surface area is 84.6 Å². The highest BCUT2D eigenvalue weighted by Gasteiger charge is 2.13. The fraction of sp³-hybridized carbons (Fsp3) is 0.875. The van der Waals surface area contributed by atoms with Crippen molar-refractivity contribution in [2.75, 3.05) is 11.5 Å². The molecule has 0 bridgehead atoms. The Morgan fingerprint density at radius 1 is 1.25 bits per heavy atom. The van der Waals surface area contributed by atoms with E-state index < -0.39 is 5.97 Å². The van der Waals surface area contributed by atoms with E-state index in [1.807, 2.05) is 0 Å². The maximum absolute atomic E-state index is 10.5. The van der Waals surface area contributed by atoms with E-state index in [0.29, 0.717) is 5.75 Å². The molecule has 0 aliphatic rings. The summed E-state index contributed by atoms with van der Waals surface area (Å²) >= 11 is 8.06. The largest absolute Gasteiger partial charge is 0.481 e. The molecule has 0 aliphatic heterocycles. The lowest BCUT2D eigenvalue weighted by atomic mass is 10.0. The van der Waals surface area contributed by atoms with E-state index in [4.69, 9.17) is 5.11 Å². The Morgan fingerprint density at radius 3 is 2.33 bits per heavy atom. The van der Waals surface area contributed by atoms with Crippen LogP contribution in [0.4, 0.5) is 0 Å². The molecule has 4 heteroatoms.